The lowest BCUT2D eigenvalue weighted by Gasteiger charge is -2.11. The van der Waals surface area contributed by atoms with Crippen LogP contribution in [0.15, 0.2) is 36.4 Å². The third kappa shape index (κ3) is 3.82. The summed E-state index contributed by atoms with van der Waals surface area (Å²) in [5.74, 6) is 1.27. The number of benzene rings is 2. The van der Waals surface area contributed by atoms with Crippen LogP contribution in [0, 0.1) is 26.2 Å². The number of rotatable bonds is 4. The Labute approximate surface area is 148 Å². The molecule has 0 spiro atoms. The largest absolute Gasteiger partial charge is 0.493 e. The van der Waals surface area contributed by atoms with E-state index in [9.17, 15) is 5.26 Å². The van der Waals surface area contributed by atoms with Crippen molar-refractivity contribution < 1.29 is 9.47 Å². The third-order valence-electron chi connectivity index (χ3n) is 3.19. The van der Waals surface area contributed by atoms with E-state index in [2.05, 4.69) is 34.7 Å². The van der Waals surface area contributed by atoms with Gasteiger partial charge in [-0.05, 0) is 64.1 Å². The molecule has 0 saturated heterocycles. The van der Waals surface area contributed by atoms with Crippen molar-refractivity contribution in [1.82, 2.24) is 0 Å². The molecule has 0 N–H and O–H groups in total. The lowest BCUT2D eigenvalue weighted by Crippen LogP contribution is -1.94. The van der Waals surface area contributed by atoms with Gasteiger partial charge >= 0.3 is 0 Å². The Bertz CT molecular complexity index is 845. The standard InChI is InChI=1S/C18H13IN2O2/c1-22-17-9-13(8-16(19)18(17)23-2)7-15(11-21)14-5-3-4-12(6-14)10-20/h3-9H,1-2H3/b15-7-. The fraction of sp³-hybridized carbons (Fsp3) is 0.111. The predicted octanol–water partition coefficient (Wildman–Crippen LogP) is 4.24. The topological polar surface area (TPSA) is 66.0 Å². The second-order valence-electron chi connectivity index (χ2n) is 4.60. The lowest BCUT2D eigenvalue weighted by atomic mass is 10.0. The second-order valence-corrected chi connectivity index (χ2v) is 5.76. The van der Waals surface area contributed by atoms with E-state index in [1.165, 1.54) is 0 Å². The Morgan fingerprint density at radius 1 is 1.13 bits per heavy atom. The molecule has 0 aliphatic carbocycles. The third-order valence-corrected chi connectivity index (χ3v) is 3.99. The van der Waals surface area contributed by atoms with Gasteiger partial charge in [-0.15, -0.1) is 0 Å². The smallest absolute Gasteiger partial charge is 0.174 e. The molecule has 0 unspecified atom stereocenters. The highest BCUT2D eigenvalue weighted by molar-refractivity contribution is 14.1. The monoisotopic (exact) mass is 416 g/mol. The number of nitriles is 2. The Morgan fingerprint density at radius 2 is 1.91 bits per heavy atom. The van der Waals surface area contributed by atoms with Crippen molar-refractivity contribution in [2.75, 3.05) is 14.2 Å². The molecule has 2 aromatic carbocycles. The van der Waals surface area contributed by atoms with Gasteiger partial charge in [0.2, 0.25) is 0 Å². The number of hydrogen-bond acceptors (Lipinski definition) is 4. The molecule has 0 aromatic heterocycles. The minimum absolute atomic E-state index is 0.477. The molecule has 0 aliphatic rings. The first-order valence-corrected chi connectivity index (χ1v) is 7.74. The number of allylic oxidation sites excluding steroid dienone is 1. The zero-order valence-corrected chi connectivity index (χ0v) is 14.8. The minimum atomic E-state index is 0.477. The van der Waals surface area contributed by atoms with Crippen LogP contribution in [-0.4, -0.2) is 14.2 Å². The maximum atomic E-state index is 9.44. The fourth-order valence-electron chi connectivity index (χ4n) is 2.12. The fourth-order valence-corrected chi connectivity index (χ4v) is 2.97. The van der Waals surface area contributed by atoms with Gasteiger partial charge in [-0.1, -0.05) is 12.1 Å². The van der Waals surface area contributed by atoms with Gasteiger partial charge in [-0.3, -0.25) is 0 Å². The predicted molar refractivity (Wildman–Crippen MR) is 96.9 cm³/mol. The van der Waals surface area contributed by atoms with E-state index in [4.69, 9.17) is 14.7 Å². The number of hydrogen-bond donors (Lipinski definition) is 0. The average molecular weight is 416 g/mol. The molecule has 2 rings (SSSR count). The van der Waals surface area contributed by atoms with Gasteiger partial charge in [0.05, 0.1) is 41.1 Å². The van der Waals surface area contributed by atoms with Crippen LogP contribution in [0.1, 0.15) is 16.7 Å². The van der Waals surface area contributed by atoms with Gasteiger partial charge in [0.1, 0.15) is 0 Å². The van der Waals surface area contributed by atoms with Crippen molar-refractivity contribution in [2.24, 2.45) is 0 Å². The van der Waals surface area contributed by atoms with Crippen LogP contribution < -0.4 is 9.47 Å². The summed E-state index contributed by atoms with van der Waals surface area (Å²) in [7, 11) is 3.16. The molecule has 5 heteroatoms. The Balaban J connectivity index is 2.52. The Kier molecular flexibility index (Phi) is 5.61. The summed E-state index contributed by atoms with van der Waals surface area (Å²) in [6.45, 7) is 0. The highest BCUT2D eigenvalue weighted by Gasteiger charge is 2.10. The molecule has 0 saturated carbocycles. The minimum Gasteiger partial charge on any atom is -0.493 e. The van der Waals surface area contributed by atoms with Crippen LogP contribution in [0.25, 0.3) is 11.6 Å². The normalized spacial score (nSPS) is 10.6. The summed E-state index contributed by atoms with van der Waals surface area (Å²) in [6.07, 6.45) is 1.76. The van der Waals surface area contributed by atoms with Crippen molar-refractivity contribution in [3.05, 3.63) is 56.7 Å². The maximum Gasteiger partial charge on any atom is 0.174 e. The van der Waals surface area contributed by atoms with E-state index >= 15 is 0 Å². The molecular formula is C18H13IN2O2. The van der Waals surface area contributed by atoms with Gasteiger partial charge < -0.3 is 9.47 Å². The van der Waals surface area contributed by atoms with Crippen LogP contribution >= 0.6 is 22.6 Å². The van der Waals surface area contributed by atoms with Crippen LogP contribution in [0.4, 0.5) is 0 Å². The lowest BCUT2D eigenvalue weighted by molar-refractivity contribution is 0.353. The molecule has 0 atom stereocenters. The molecule has 0 bridgehead atoms. The summed E-state index contributed by atoms with van der Waals surface area (Å²) in [4.78, 5) is 0. The zero-order chi connectivity index (χ0) is 16.8. The van der Waals surface area contributed by atoms with Crippen LogP contribution in [-0.2, 0) is 0 Å². The van der Waals surface area contributed by atoms with Crippen molar-refractivity contribution >= 4 is 34.2 Å². The summed E-state index contributed by atoms with van der Waals surface area (Å²) in [5, 5.41) is 18.4. The number of ether oxygens (including phenoxy) is 2. The van der Waals surface area contributed by atoms with Crippen molar-refractivity contribution in [1.29, 1.82) is 10.5 Å². The summed E-state index contributed by atoms with van der Waals surface area (Å²) in [6, 6.07) is 15.0. The van der Waals surface area contributed by atoms with Crippen LogP contribution in [0.2, 0.25) is 0 Å². The van der Waals surface area contributed by atoms with E-state index in [-0.39, 0.29) is 0 Å². The Morgan fingerprint density at radius 3 is 2.52 bits per heavy atom. The summed E-state index contributed by atoms with van der Waals surface area (Å²) in [5.41, 5.74) is 2.53. The molecule has 0 aliphatic heterocycles. The molecule has 23 heavy (non-hydrogen) atoms. The first-order valence-electron chi connectivity index (χ1n) is 6.66. The van der Waals surface area contributed by atoms with Gasteiger partial charge in [0.15, 0.2) is 11.5 Å². The molecule has 0 fully saturated rings. The first-order chi connectivity index (χ1) is 11.1. The molecule has 2 aromatic rings. The van der Waals surface area contributed by atoms with E-state index in [0.717, 1.165) is 9.13 Å². The Hall–Kier alpha value is -2.51. The van der Waals surface area contributed by atoms with E-state index in [1.807, 2.05) is 18.2 Å². The average Bonchev–Trinajstić information content (AvgIpc) is 2.59. The van der Waals surface area contributed by atoms with E-state index in [1.54, 1.807) is 38.5 Å². The SMILES string of the molecule is COc1cc(/C=C(/C#N)c2cccc(C#N)c2)cc(I)c1OC. The van der Waals surface area contributed by atoms with Gasteiger partial charge in [-0.2, -0.15) is 10.5 Å². The van der Waals surface area contributed by atoms with Crippen molar-refractivity contribution in [3.63, 3.8) is 0 Å². The van der Waals surface area contributed by atoms with Crippen LogP contribution in [0.5, 0.6) is 11.5 Å². The molecule has 114 valence electrons. The molecule has 4 nitrogen and oxygen atoms in total. The van der Waals surface area contributed by atoms with Crippen molar-refractivity contribution in [2.45, 2.75) is 0 Å². The van der Waals surface area contributed by atoms with Crippen molar-refractivity contribution in [3.8, 4) is 23.6 Å². The van der Waals surface area contributed by atoms with Crippen LogP contribution in [0.3, 0.4) is 0 Å². The maximum absolute atomic E-state index is 9.44. The quantitative estimate of drug-likeness (QED) is 0.425. The van der Waals surface area contributed by atoms with Gasteiger partial charge in [0, 0.05) is 0 Å². The molecule has 0 amide bonds. The molecule has 0 radical (unpaired) electrons. The zero-order valence-electron chi connectivity index (χ0n) is 12.6. The number of nitrogens with zero attached hydrogens (tertiary/aromatic N) is 2. The highest BCUT2D eigenvalue weighted by atomic mass is 127. The van der Waals surface area contributed by atoms with E-state index in [0.29, 0.717) is 28.2 Å². The first kappa shape index (κ1) is 16.9. The van der Waals surface area contributed by atoms with Gasteiger partial charge in [0.25, 0.3) is 0 Å². The summed E-state index contributed by atoms with van der Waals surface area (Å²) >= 11 is 2.16. The number of methoxy groups -OCH3 is 2. The molecule has 0 heterocycles. The second kappa shape index (κ2) is 7.66. The summed E-state index contributed by atoms with van der Waals surface area (Å²) < 4.78 is 11.5. The highest BCUT2D eigenvalue weighted by Crippen LogP contribution is 2.34. The van der Waals surface area contributed by atoms with Gasteiger partial charge in [-0.25, -0.2) is 0 Å². The molecular weight excluding hydrogens is 403 g/mol. The van der Waals surface area contributed by atoms with E-state index < -0.39 is 0 Å². The number of halogens is 1.